The lowest BCUT2D eigenvalue weighted by Gasteiger charge is -2.15. The molecule has 1 unspecified atom stereocenters. The summed E-state index contributed by atoms with van der Waals surface area (Å²) in [6.45, 7) is 2.58. The van der Waals surface area contributed by atoms with Crippen LogP contribution in [0.2, 0.25) is 5.28 Å². The van der Waals surface area contributed by atoms with Gasteiger partial charge in [-0.05, 0) is 48.7 Å². The molecule has 3 aromatic rings. The van der Waals surface area contributed by atoms with Gasteiger partial charge in [0.1, 0.15) is 11.6 Å². The normalized spacial score (nSPS) is 16.5. The highest BCUT2D eigenvalue weighted by Gasteiger charge is 2.24. The predicted molar refractivity (Wildman–Crippen MR) is 89.1 cm³/mol. The van der Waals surface area contributed by atoms with E-state index in [4.69, 9.17) is 16.3 Å². The van der Waals surface area contributed by atoms with Crippen LogP contribution in [0.5, 0.6) is 5.75 Å². The molecule has 1 atom stereocenters. The minimum Gasteiger partial charge on any atom is -0.494 e. The maximum absolute atomic E-state index is 6.07. The number of anilines is 1. The molecule has 118 valence electrons. The van der Waals surface area contributed by atoms with Gasteiger partial charge in [0, 0.05) is 23.5 Å². The first-order chi connectivity index (χ1) is 11.2. The Morgan fingerprint density at radius 3 is 3.09 bits per heavy atom. The minimum atomic E-state index is 0.238. The van der Waals surface area contributed by atoms with Gasteiger partial charge in [0.15, 0.2) is 0 Å². The quantitative estimate of drug-likeness (QED) is 0.720. The van der Waals surface area contributed by atoms with Crippen LogP contribution < -0.4 is 10.1 Å². The Morgan fingerprint density at radius 1 is 1.35 bits per heavy atom. The number of nitrogens with one attached hydrogen (secondary N) is 2. The Kier molecular flexibility index (Phi) is 3.53. The fourth-order valence-corrected chi connectivity index (χ4v) is 3.19. The van der Waals surface area contributed by atoms with Crippen LogP contribution in [0.3, 0.4) is 0 Å². The number of aromatic amines is 1. The first-order valence-electron chi connectivity index (χ1n) is 7.60. The molecule has 0 bridgehead atoms. The van der Waals surface area contributed by atoms with E-state index in [1.54, 1.807) is 0 Å². The number of fused-ring (bicyclic) bond motifs is 2. The molecule has 2 aromatic heterocycles. The van der Waals surface area contributed by atoms with Gasteiger partial charge in [0.2, 0.25) is 5.28 Å². The summed E-state index contributed by atoms with van der Waals surface area (Å²) in [5, 5.41) is 11.7. The summed E-state index contributed by atoms with van der Waals surface area (Å²) in [6, 6.07) is 6.02. The van der Waals surface area contributed by atoms with Gasteiger partial charge in [-0.25, -0.2) is 9.97 Å². The Hall–Kier alpha value is -2.34. The van der Waals surface area contributed by atoms with Crippen molar-refractivity contribution >= 4 is 28.3 Å². The van der Waals surface area contributed by atoms with E-state index in [0.717, 1.165) is 35.3 Å². The van der Waals surface area contributed by atoms with Crippen molar-refractivity contribution in [3.63, 3.8) is 0 Å². The van der Waals surface area contributed by atoms with Crippen LogP contribution in [0.4, 0.5) is 5.82 Å². The molecule has 2 N–H and O–H groups in total. The van der Waals surface area contributed by atoms with E-state index in [1.165, 1.54) is 11.3 Å². The second-order valence-corrected chi connectivity index (χ2v) is 5.91. The fourth-order valence-electron chi connectivity index (χ4n) is 3.02. The second kappa shape index (κ2) is 5.70. The summed E-state index contributed by atoms with van der Waals surface area (Å²) in [7, 11) is 0. The van der Waals surface area contributed by atoms with Gasteiger partial charge in [-0.3, -0.25) is 5.10 Å². The largest absolute Gasteiger partial charge is 0.494 e. The van der Waals surface area contributed by atoms with Crippen molar-refractivity contribution < 1.29 is 4.74 Å². The average Bonchev–Trinajstić information content (AvgIpc) is 3.09. The van der Waals surface area contributed by atoms with Crippen LogP contribution in [0.1, 0.15) is 18.2 Å². The highest BCUT2D eigenvalue weighted by Crippen LogP contribution is 2.29. The molecule has 0 amide bonds. The van der Waals surface area contributed by atoms with Gasteiger partial charge < -0.3 is 10.1 Å². The number of ether oxygens (including phenoxy) is 1. The molecule has 0 spiro atoms. The Labute approximate surface area is 138 Å². The number of hydrogen-bond acceptors (Lipinski definition) is 5. The number of rotatable bonds is 4. The first kappa shape index (κ1) is 14.3. The monoisotopic (exact) mass is 329 g/mol. The lowest BCUT2D eigenvalue weighted by atomic mass is 10.2. The van der Waals surface area contributed by atoms with Gasteiger partial charge in [-0.2, -0.15) is 5.10 Å². The molecule has 2 heterocycles. The van der Waals surface area contributed by atoms with Crippen LogP contribution in [-0.4, -0.2) is 32.8 Å². The molecule has 0 fully saturated rings. The van der Waals surface area contributed by atoms with E-state index >= 15 is 0 Å². The van der Waals surface area contributed by atoms with E-state index in [-0.39, 0.29) is 11.3 Å². The second-order valence-electron chi connectivity index (χ2n) is 5.58. The SMILES string of the molecule is CCOc1ccc2nc(Cl)nc(NC3Cc4cn[nH]c4C3)c2c1. The summed E-state index contributed by atoms with van der Waals surface area (Å²) in [5.74, 6) is 1.54. The van der Waals surface area contributed by atoms with Crippen LogP contribution in [0.25, 0.3) is 10.9 Å². The standard InChI is InChI=1S/C16H16ClN5O/c1-2-23-11-3-4-13-12(7-11)15(21-16(17)20-13)19-10-5-9-8-18-22-14(9)6-10/h3-4,7-8,10H,2,5-6H2,1H3,(H,18,22)(H,19,20,21). The molecule has 0 saturated heterocycles. The van der Waals surface area contributed by atoms with Crippen molar-refractivity contribution in [2.45, 2.75) is 25.8 Å². The van der Waals surface area contributed by atoms with E-state index in [9.17, 15) is 0 Å². The third-order valence-corrected chi connectivity index (χ3v) is 4.19. The smallest absolute Gasteiger partial charge is 0.224 e. The van der Waals surface area contributed by atoms with Gasteiger partial charge in [0.25, 0.3) is 0 Å². The fraction of sp³-hybridized carbons (Fsp3) is 0.312. The van der Waals surface area contributed by atoms with Crippen molar-refractivity contribution in [2.75, 3.05) is 11.9 Å². The van der Waals surface area contributed by atoms with Gasteiger partial charge in [-0.1, -0.05) is 0 Å². The summed E-state index contributed by atoms with van der Waals surface area (Å²) in [5.41, 5.74) is 3.23. The molecule has 0 aliphatic heterocycles. The lowest BCUT2D eigenvalue weighted by Crippen LogP contribution is -2.21. The van der Waals surface area contributed by atoms with Crippen molar-refractivity contribution in [3.05, 3.63) is 40.9 Å². The minimum absolute atomic E-state index is 0.238. The molecule has 0 saturated carbocycles. The summed E-state index contributed by atoms with van der Waals surface area (Å²) < 4.78 is 5.58. The summed E-state index contributed by atoms with van der Waals surface area (Å²) in [6.07, 6.45) is 3.69. The molecule has 6 nitrogen and oxygen atoms in total. The van der Waals surface area contributed by atoms with E-state index < -0.39 is 0 Å². The van der Waals surface area contributed by atoms with Crippen molar-refractivity contribution in [1.29, 1.82) is 0 Å². The molecule has 1 aliphatic rings. The topological polar surface area (TPSA) is 75.7 Å². The van der Waals surface area contributed by atoms with E-state index in [0.29, 0.717) is 6.61 Å². The van der Waals surface area contributed by atoms with Crippen LogP contribution in [0.15, 0.2) is 24.4 Å². The zero-order valence-corrected chi connectivity index (χ0v) is 13.4. The third kappa shape index (κ3) is 2.70. The number of nitrogens with zero attached hydrogens (tertiary/aromatic N) is 3. The van der Waals surface area contributed by atoms with E-state index in [1.807, 2.05) is 31.3 Å². The van der Waals surface area contributed by atoms with Crippen LogP contribution in [-0.2, 0) is 12.8 Å². The van der Waals surface area contributed by atoms with Crippen LogP contribution >= 0.6 is 11.6 Å². The van der Waals surface area contributed by atoms with Gasteiger partial charge in [-0.15, -0.1) is 0 Å². The molecule has 4 rings (SSSR count). The average molecular weight is 330 g/mol. The summed E-state index contributed by atoms with van der Waals surface area (Å²) >= 11 is 6.07. The highest BCUT2D eigenvalue weighted by atomic mass is 35.5. The predicted octanol–water partition coefficient (Wildman–Crippen LogP) is 2.98. The number of hydrogen-bond donors (Lipinski definition) is 2. The number of halogens is 1. The zero-order chi connectivity index (χ0) is 15.8. The Bertz CT molecular complexity index is 842. The molecular weight excluding hydrogens is 314 g/mol. The maximum Gasteiger partial charge on any atom is 0.224 e. The number of aromatic nitrogens is 4. The van der Waals surface area contributed by atoms with Crippen molar-refractivity contribution in [3.8, 4) is 5.75 Å². The van der Waals surface area contributed by atoms with E-state index in [2.05, 4.69) is 25.5 Å². The zero-order valence-electron chi connectivity index (χ0n) is 12.6. The maximum atomic E-state index is 6.07. The number of H-pyrrole nitrogens is 1. The van der Waals surface area contributed by atoms with Crippen molar-refractivity contribution in [2.24, 2.45) is 0 Å². The van der Waals surface area contributed by atoms with Crippen molar-refractivity contribution in [1.82, 2.24) is 20.2 Å². The van der Waals surface area contributed by atoms with Gasteiger partial charge >= 0.3 is 0 Å². The molecule has 1 aliphatic carbocycles. The molecular formula is C16H16ClN5O. The first-order valence-corrected chi connectivity index (χ1v) is 7.98. The Balaban J connectivity index is 1.67. The Morgan fingerprint density at radius 2 is 2.26 bits per heavy atom. The highest BCUT2D eigenvalue weighted by molar-refractivity contribution is 6.28. The molecule has 0 radical (unpaired) electrons. The van der Waals surface area contributed by atoms with Crippen LogP contribution in [0, 0.1) is 0 Å². The molecule has 1 aromatic carbocycles. The molecule has 23 heavy (non-hydrogen) atoms. The lowest BCUT2D eigenvalue weighted by molar-refractivity contribution is 0.340. The molecule has 7 heteroatoms. The third-order valence-electron chi connectivity index (χ3n) is 4.02. The number of benzene rings is 1. The van der Waals surface area contributed by atoms with Gasteiger partial charge in [0.05, 0.1) is 18.3 Å². The summed E-state index contributed by atoms with van der Waals surface area (Å²) in [4.78, 5) is 8.66.